The van der Waals surface area contributed by atoms with Gasteiger partial charge in [0.05, 0.1) is 6.20 Å². The van der Waals surface area contributed by atoms with Crippen molar-refractivity contribution in [1.82, 2.24) is 25.4 Å². The molecule has 0 saturated carbocycles. The van der Waals surface area contributed by atoms with Crippen LogP contribution in [0.15, 0.2) is 21.6 Å². The van der Waals surface area contributed by atoms with Crippen molar-refractivity contribution in [2.45, 2.75) is 0 Å². The highest BCUT2D eigenvalue weighted by atomic mass is 16.5. The summed E-state index contributed by atoms with van der Waals surface area (Å²) >= 11 is 0. The molecule has 2 aromatic heterocycles. The number of nitrogens with one attached hydrogen (secondary N) is 1. The molecule has 2 heterocycles. The van der Waals surface area contributed by atoms with Crippen molar-refractivity contribution in [3.63, 3.8) is 0 Å². The van der Waals surface area contributed by atoms with E-state index in [-0.39, 0.29) is 5.88 Å². The third-order valence-corrected chi connectivity index (χ3v) is 1.11. The van der Waals surface area contributed by atoms with Gasteiger partial charge in [0.1, 0.15) is 0 Å². The third kappa shape index (κ3) is 0.820. The van der Waals surface area contributed by atoms with Gasteiger partial charge in [0.25, 0.3) is 5.88 Å². The Bertz CT molecular complexity index is 385. The lowest BCUT2D eigenvalue weighted by molar-refractivity contribution is 0.394. The summed E-state index contributed by atoms with van der Waals surface area (Å²) in [6.07, 6.45) is 1.41. The summed E-state index contributed by atoms with van der Waals surface area (Å²) in [5, 5.41) is 12.2. The van der Waals surface area contributed by atoms with Crippen molar-refractivity contribution in [1.29, 1.82) is 0 Å². The second-order valence-electron chi connectivity index (χ2n) is 1.77. The van der Waals surface area contributed by atoms with Crippen LogP contribution in [-0.4, -0.2) is 25.4 Å². The first kappa shape index (κ1) is 5.83. The molecular weight excluding hydrogens is 150 g/mol. The number of nitrogens with zero attached hydrogens (tertiary/aromatic N) is 4. The van der Waals surface area contributed by atoms with E-state index in [9.17, 15) is 4.79 Å². The molecule has 0 aliphatic carbocycles. The van der Waals surface area contributed by atoms with Crippen LogP contribution in [0.3, 0.4) is 0 Å². The summed E-state index contributed by atoms with van der Waals surface area (Å²) in [6.45, 7) is 0. The van der Waals surface area contributed by atoms with Gasteiger partial charge in [-0.2, -0.15) is 0 Å². The molecule has 0 bridgehead atoms. The first-order valence-corrected chi connectivity index (χ1v) is 2.79. The Morgan fingerprint density at radius 1 is 1.64 bits per heavy atom. The number of tetrazole rings is 1. The van der Waals surface area contributed by atoms with Gasteiger partial charge in [-0.25, -0.2) is 9.89 Å². The van der Waals surface area contributed by atoms with Crippen LogP contribution < -0.4 is 5.69 Å². The Hall–Kier alpha value is -1.92. The summed E-state index contributed by atoms with van der Waals surface area (Å²) in [7, 11) is 0. The van der Waals surface area contributed by atoms with Crippen LogP contribution >= 0.6 is 0 Å². The Balaban J connectivity index is 2.62. The van der Waals surface area contributed by atoms with Crippen molar-refractivity contribution < 1.29 is 4.52 Å². The van der Waals surface area contributed by atoms with Gasteiger partial charge in [-0.05, 0) is 10.4 Å². The van der Waals surface area contributed by atoms with E-state index in [0.717, 1.165) is 4.68 Å². The first-order chi connectivity index (χ1) is 5.38. The minimum absolute atomic E-state index is 0.240. The lowest BCUT2D eigenvalue weighted by atomic mass is 10.7. The van der Waals surface area contributed by atoms with E-state index in [1.165, 1.54) is 12.3 Å². The molecule has 0 saturated heterocycles. The quantitative estimate of drug-likeness (QED) is 0.564. The molecule has 11 heavy (non-hydrogen) atoms. The van der Waals surface area contributed by atoms with E-state index in [2.05, 4.69) is 25.2 Å². The molecule has 7 nitrogen and oxygen atoms in total. The molecule has 0 radical (unpaired) electrons. The van der Waals surface area contributed by atoms with E-state index in [4.69, 9.17) is 0 Å². The standard InChI is InChI=1S/C4H3N5O2/c10-4-6-7-8-9(4)3-1-2-5-11-3/h1-2H,(H,6,8,10). The fraction of sp³-hybridized carbons (Fsp3) is 0. The number of aromatic amines is 1. The molecule has 0 aliphatic rings. The zero-order chi connectivity index (χ0) is 7.68. The molecule has 0 unspecified atom stereocenters. The van der Waals surface area contributed by atoms with Gasteiger partial charge < -0.3 is 4.52 Å². The molecule has 2 aromatic rings. The van der Waals surface area contributed by atoms with Gasteiger partial charge in [0.15, 0.2) is 0 Å². The predicted molar refractivity (Wildman–Crippen MR) is 32.0 cm³/mol. The fourth-order valence-corrected chi connectivity index (χ4v) is 0.660. The molecule has 2 rings (SSSR count). The van der Waals surface area contributed by atoms with Crippen LogP contribution in [-0.2, 0) is 0 Å². The molecule has 0 aromatic carbocycles. The molecule has 0 amide bonds. The maximum Gasteiger partial charge on any atom is 0.368 e. The van der Waals surface area contributed by atoms with Gasteiger partial charge in [-0.15, -0.1) is 4.68 Å². The van der Waals surface area contributed by atoms with Crippen molar-refractivity contribution in [3.05, 3.63) is 22.7 Å². The molecule has 1 N–H and O–H groups in total. The Morgan fingerprint density at radius 2 is 2.55 bits per heavy atom. The maximum atomic E-state index is 10.8. The second kappa shape index (κ2) is 2.04. The summed E-state index contributed by atoms with van der Waals surface area (Å²) in [5.41, 5.74) is -0.457. The van der Waals surface area contributed by atoms with E-state index in [0.29, 0.717) is 0 Å². The summed E-state index contributed by atoms with van der Waals surface area (Å²) in [6, 6.07) is 1.50. The zero-order valence-electron chi connectivity index (χ0n) is 5.26. The molecule has 0 fully saturated rings. The van der Waals surface area contributed by atoms with Crippen LogP contribution in [0.5, 0.6) is 0 Å². The van der Waals surface area contributed by atoms with Gasteiger partial charge in [-0.3, -0.25) is 0 Å². The Labute approximate surface area is 59.6 Å². The maximum absolute atomic E-state index is 10.8. The predicted octanol–water partition coefficient (Wildman–Crippen LogP) is -1.06. The number of H-pyrrole nitrogens is 1. The van der Waals surface area contributed by atoms with E-state index < -0.39 is 5.69 Å². The monoisotopic (exact) mass is 153 g/mol. The summed E-state index contributed by atoms with van der Waals surface area (Å²) in [4.78, 5) is 10.8. The fourth-order valence-electron chi connectivity index (χ4n) is 0.660. The number of rotatable bonds is 1. The normalized spacial score (nSPS) is 10.2. The molecule has 0 atom stereocenters. The van der Waals surface area contributed by atoms with Crippen LogP contribution in [0.2, 0.25) is 0 Å². The van der Waals surface area contributed by atoms with Crippen molar-refractivity contribution in [2.75, 3.05) is 0 Å². The van der Waals surface area contributed by atoms with Gasteiger partial charge in [0, 0.05) is 6.07 Å². The van der Waals surface area contributed by atoms with E-state index in [1.54, 1.807) is 0 Å². The zero-order valence-corrected chi connectivity index (χ0v) is 5.26. The lowest BCUT2D eigenvalue weighted by Gasteiger charge is -1.84. The van der Waals surface area contributed by atoms with Crippen molar-refractivity contribution >= 4 is 0 Å². The SMILES string of the molecule is O=c1[nH]nnn1-c1ccno1. The molecular formula is C4H3N5O2. The number of hydrogen-bond donors (Lipinski definition) is 1. The second-order valence-corrected chi connectivity index (χ2v) is 1.77. The van der Waals surface area contributed by atoms with E-state index >= 15 is 0 Å². The third-order valence-electron chi connectivity index (χ3n) is 1.11. The van der Waals surface area contributed by atoms with Crippen molar-refractivity contribution in [3.8, 4) is 5.88 Å². The molecule has 56 valence electrons. The van der Waals surface area contributed by atoms with Crippen molar-refractivity contribution in [2.24, 2.45) is 0 Å². The van der Waals surface area contributed by atoms with Gasteiger partial charge in [-0.1, -0.05) is 5.16 Å². The van der Waals surface area contributed by atoms with E-state index in [1.807, 2.05) is 0 Å². The highest BCUT2D eigenvalue weighted by Crippen LogP contribution is 1.97. The molecule has 0 aliphatic heterocycles. The Kier molecular flexibility index (Phi) is 1.08. The first-order valence-electron chi connectivity index (χ1n) is 2.79. The minimum Gasteiger partial charge on any atom is -0.336 e. The van der Waals surface area contributed by atoms with Crippen LogP contribution in [0.4, 0.5) is 0 Å². The van der Waals surface area contributed by atoms with Crippen LogP contribution in [0, 0.1) is 0 Å². The van der Waals surface area contributed by atoms with Gasteiger partial charge in [0.2, 0.25) is 0 Å². The van der Waals surface area contributed by atoms with Crippen LogP contribution in [0.1, 0.15) is 0 Å². The lowest BCUT2D eigenvalue weighted by Crippen LogP contribution is -2.15. The molecule has 0 spiro atoms. The van der Waals surface area contributed by atoms with Crippen LogP contribution in [0.25, 0.3) is 5.88 Å². The highest BCUT2D eigenvalue weighted by Gasteiger charge is 2.04. The molecule has 7 heteroatoms. The average Bonchev–Trinajstić information content (AvgIpc) is 2.55. The topological polar surface area (TPSA) is 89.6 Å². The Morgan fingerprint density at radius 3 is 3.09 bits per heavy atom. The summed E-state index contributed by atoms with van der Waals surface area (Å²) in [5.74, 6) is 0.240. The summed E-state index contributed by atoms with van der Waals surface area (Å²) < 4.78 is 5.61. The number of hydrogen-bond acceptors (Lipinski definition) is 5. The highest BCUT2D eigenvalue weighted by molar-refractivity contribution is 5.10. The average molecular weight is 153 g/mol. The smallest absolute Gasteiger partial charge is 0.336 e. The number of aromatic nitrogens is 5. The largest absolute Gasteiger partial charge is 0.368 e. The van der Waals surface area contributed by atoms with Gasteiger partial charge >= 0.3 is 5.69 Å². The minimum atomic E-state index is -0.457.